The van der Waals surface area contributed by atoms with E-state index in [1.807, 2.05) is 0 Å². The number of anilines is 1. The molecule has 0 radical (unpaired) electrons. The molecule has 186 valence electrons. The zero-order valence-electron chi connectivity index (χ0n) is 17.9. The molecule has 0 saturated carbocycles. The van der Waals surface area contributed by atoms with E-state index in [1.165, 1.54) is 35.3 Å². The molecule has 2 aliphatic rings. The first-order valence-electron chi connectivity index (χ1n) is 9.77. The molecule has 2 aliphatic heterocycles. The van der Waals surface area contributed by atoms with E-state index in [2.05, 4.69) is 35.4 Å². The normalized spacial score (nSPS) is 19.9. The topological polar surface area (TPSA) is 224 Å². The molecule has 2 atom stereocenters. The number of carbonyl (C=O) groups excluding carboxylic acids is 2. The summed E-state index contributed by atoms with van der Waals surface area (Å²) in [5.41, 5.74) is 5.66. The van der Waals surface area contributed by atoms with Gasteiger partial charge in [-0.05, 0) is 16.0 Å². The summed E-state index contributed by atoms with van der Waals surface area (Å²) in [6, 6.07) is -0.981. The lowest BCUT2D eigenvalue weighted by Gasteiger charge is -2.49. The number of nitrogens with zero attached hydrogens (tertiary/aromatic N) is 8. The van der Waals surface area contributed by atoms with Crippen LogP contribution in [-0.2, 0) is 25.8 Å². The van der Waals surface area contributed by atoms with Crippen molar-refractivity contribution in [2.45, 2.75) is 23.1 Å². The van der Waals surface area contributed by atoms with Crippen molar-refractivity contribution in [3.63, 3.8) is 0 Å². The fourth-order valence-corrected chi connectivity index (χ4v) is 6.12. The van der Waals surface area contributed by atoms with Crippen LogP contribution >= 0.6 is 35.1 Å². The number of aliphatic hydroxyl groups excluding tert-OH is 1. The van der Waals surface area contributed by atoms with E-state index >= 15 is 0 Å². The zero-order chi connectivity index (χ0) is 25.1. The smallest absolute Gasteiger partial charge is 0.352 e. The Labute approximate surface area is 209 Å². The predicted octanol–water partition coefficient (Wildman–Crippen LogP) is -2.02. The van der Waals surface area contributed by atoms with Crippen LogP contribution in [0.4, 0.5) is 5.13 Å². The number of carboxylic acids is 1. The number of fused-ring (bicyclic) bond motifs is 1. The van der Waals surface area contributed by atoms with E-state index in [9.17, 15) is 19.5 Å². The first-order valence-corrected chi connectivity index (χ1v) is 12.6. The largest absolute Gasteiger partial charge is 0.477 e. The average Bonchev–Trinajstić information content (AvgIpc) is 3.47. The van der Waals surface area contributed by atoms with Crippen molar-refractivity contribution in [1.82, 2.24) is 39.8 Å². The molecule has 0 aliphatic carbocycles. The number of oxime groups is 1. The molecule has 19 heteroatoms. The summed E-state index contributed by atoms with van der Waals surface area (Å²) in [6.07, 6.45) is 0. The van der Waals surface area contributed by atoms with Gasteiger partial charge in [0, 0.05) is 23.0 Å². The summed E-state index contributed by atoms with van der Waals surface area (Å²) in [5, 5.41) is 36.2. The maximum Gasteiger partial charge on any atom is 0.352 e. The van der Waals surface area contributed by atoms with Crippen LogP contribution < -0.4 is 11.1 Å². The van der Waals surface area contributed by atoms with Gasteiger partial charge in [0.05, 0.1) is 13.2 Å². The maximum absolute atomic E-state index is 12.9. The number of nitrogens with two attached hydrogens (primary N) is 1. The van der Waals surface area contributed by atoms with Gasteiger partial charge in [0.1, 0.15) is 24.2 Å². The lowest BCUT2D eigenvalue weighted by molar-refractivity contribution is -0.150. The summed E-state index contributed by atoms with van der Waals surface area (Å²) in [6.45, 7) is 0.0394. The first kappa shape index (κ1) is 24.8. The lowest BCUT2D eigenvalue weighted by atomic mass is 10.0. The van der Waals surface area contributed by atoms with Gasteiger partial charge in [-0.25, -0.2) is 9.48 Å². The average molecular weight is 543 g/mol. The second-order valence-electron chi connectivity index (χ2n) is 6.89. The van der Waals surface area contributed by atoms with Crippen molar-refractivity contribution >= 4 is 63.7 Å². The summed E-state index contributed by atoms with van der Waals surface area (Å²) in [5.74, 6) is -2.14. The number of aromatic nitrogens is 6. The second-order valence-corrected chi connectivity index (χ2v) is 9.72. The Bertz CT molecular complexity index is 1210. The van der Waals surface area contributed by atoms with Gasteiger partial charge in [0.15, 0.2) is 5.13 Å². The van der Waals surface area contributed by atoms with Crippen LogP contribution in [0.1, 0.15) is 5.82 Å². The Morgan fingerprint density at radius 1 is 1.43 bits per heavy atom. The molecular formula is C16H18N10O6S3. The Kier molecular flexibility index (Phi) is 7.48. The minimum absolute atomic E-state index is 0.0549. The van der Waals surface area contributed by atoms with E-state index in [0.717, 1.165) is 16.4 Å². The molecular weight excluding hydrogens is 524 g/mol. The third-order valence-electron chi connectivity index (χ3n) is 4.77. The molecule has 5 N–H and O–H groups in total. The van der Waals surface area contributed by atoms with Crippen molar-refractivity contribution in [2.75, 3.05) is 31.0 Å². The highest BCUT2D eigenvalue weighted by Gasteiger charge is 2.54. The summed E-state index contributed by atoms with van der Waals surface area (Å²) in [4.78, 5) is 47.5. The van der Waals surface area contributed by atoms with E-state index < -0.39 is 29.2 Å². The number of hydrogen-bond donors (Lipinski definition) is 4. The molecule has 2 aromatic heterocycles. The molecule has 1 unspecified atom stereocenters. The molecule has 1 fully saturated rings. The number of nitrogens with one attached hydrogen (secondary N) is 1. The van der Waals surface area contributed by atoms with Gasteiger partial charge in [-0.3, -0.25) is 14.5 Å². The standard InChI is InChI=1S/C16H18N10O6S3/c1-32-21-7(10-19-15(17)35-22-10)11(28)18-8-12(29)26-9(14(30)31)6(4-33-13(8)26)5-34-16-20-23-24-25(16)2-3-27/h8,13,27H,2-5H2,1H3,(H,18,28)(H,30,31)(H2,17,19,22)/t8?,13-/m0/s1. The number of aliphatic hydroxyl groups is 1. The van der Waals surface area contributed by atoms with Crippen LogP contribution in [0.3, 0.4) is 0 Å². The van der Waals surface area contributed by atoms with Crippen molar-refractivity contribution in [3.8, 4) is 0 Å². The monoisotopic (exact) mass is 542 g/mol. The van der Waals surface area contributed by atoms with Crippen molar-refractivity contribution in [3.05, 3.63) is 17.1 Å². The van der Waals surface area contributed by atoms with Crippen molar-refractivity contribution in [2.24, 2.45) is 5.16 Å². The minimum Gasteiger partial charge on any atom is -0.477 e. The Morgan fingerprint density at radius 2 is 2.23 bits per heavy atom. The first-order chi connectivity index (χ1) is 16.8. The van der Waals surface area contributed by atoms with Crippen LogP contribution in [0.2, 0.25) is 0 Å². The van der Waals surface area contributed by atoms with Gasteiger partial charge in [-0.1, -0.05) is 16.9 Å². The van der Waals surface area contributed by atoms with Gasteiger partial charge in [-0.2, -0.15) is 9.36 Å². The molecule has 4 rings (SSSR count). The van der Waals surface area contributed by atoms with Gasteiger partial charge >= 0.3 is 5.97 Å². The van der Waals surface area contributed by atoms with Crippen molar-refractivity contribution < 1.29 is 29.4 Å². The van der Waals surface area contributed by atoms with Gasteiger partial charge in [-0.15, -0.1) is 16.9 Å². The quantitative estimate of drug-likeness (QED) is 0.110. The van der Waals surface area contributed by atoms with Gasteiger partial charge in [0.2, 0.25) is 16.7 Å². The molecule has 0 bridgehead atoms. The highest BCUT2D eigenvalue weighted by Crippen LogP contribution is 2.41. The molecule has 16 nitrogen and oxygen atoms in total. The zero-order valence-corrected chi connectivity index (χ0v) is 20.3. The number of carboxylic acid groups (broad SMARTS) is 1. The van der Waals surface area contributed by atoms with Crippen LogP contribution in [0, 0.1) is 0 Å². The number of carbonyl (C=O) groups is 3. The van der Waals surface area contributed by atoms with E-state index in [-0.39, 0.29) is 41.3 Å². The Balaban J connectivity index is 1.48. The van der Waals surface area contributed by atoms with Crippen LogP contribution in [0.15, 0.2) is 21.6 Å². The molecule has 2 aromatic rings. The fourth-order valence-electron chi connectivity index (χ4n) is 3.30. The SMILES string of the molecule is CON=C(C(=O)NC1C(=O)N2C(C(=O)O)=C(CSc3nnnn3CCO)CS[C@@H]12)c1nsc(N)n1. The number of tetrazole rings is 1. The molecule has 0 aromatic carbocycles. The highest BCUT2D eigenvalue weighted by molar-refractivity contribution is 8.01. The third-order valence-corrected chi connectivity index (χ3v) is 7.70. The van der Waals surface area contributed by atoms with Gasteiger partial charge < -0.3 is 26.1 Å². The predicted molar refractivity (Wildman–Crippen MR) is 123 cm³/mol. The van der Waals surface area contributed by atoms with E-state index in [4.69, 9.17) is 15.7 Å². The Morgan fingerprint density at radius 3 is 2.89 bits per heavy atom. The number of hydrogen-bond acceptors (Lipinski definition) is 15. The van der Waals surface area contributed by atoms with Crippen LogP contribution in [-0.4, -0.2) is 105 Å². The number of nitrogen functional groups attached to an aromatic ring is 1. The van der Waals surface area contributed by atoms with E-state index in [0.29, 0.717) is 16.5 Å². The summed E-state index contributed by atoms with van der Waals surface area (Å²) >= 11 is 3.37. The molecule has 2 amide bonds. The number of aliphatic carboxylic acids is 1. The molecule has 4 heterocycles. The van der Waals surface area contributed by atoms with Crippen LogP contribution in [0.5, 0.6) is 0 Å². The summed E-state index contributed by atoms with van der Waals surface area (Å²) in [7, 11) is 1.24. The van der Waals surface area contributed by atoms with Crippen molar-refractivity contribution in [1.29, 1.82) is 0 Å². The number of amides is 2. The summed E-state index contributed by atoms with van der Waals surface area (Å²) < 4.78 is 5.33. The number of thioether (sulfide) groups is 2. The van der Waals surface area contributed by atoms with E-state index in [1.54, 1.807) is 0 Å². The van der Waals surface area contributed by atoms with Gasteiger partial charge in [0.25, 0.3) is 11.8 Å². The minimum atomic E-state index is -1.26. The maximum atomic E-state index is 12.9. The lowest BCUT2D eigenvalue weighted by Crippen LogP contribution is -2.71. The number of rotatable bonds is 10. The number of β-lactam (4-membered cyclic amide) rings is 1. The molecule has 1 saturated heterocycles. The Hall–Kier alpha value is -3.29. The molecule has 35 heavy (non-hydrogen) atoms. The highest BCUT2D eigenvalue weighted by atomic mass is 32.2. The molecule has 0 spiro atoms. The second kappa shape index (κ2) is 10.5. The third kappa shape index (κ3) is 4.92. The fraction of sp³-hybridized carbons (Fsp3) is 0.438. The van der Waals surface area contributed by atoms with Crippen LogP contribution in [0.25, 0.3) is 0 Å².